The molecule has 17 heavy (non-hydrogen) atoms. The molecule has 1 N–H and O–H groups in total. The lowest BCUT2D eigenvalue weighted by molar-refractivity contribution is 0.415. The summed E-state index contributed by atoms with van der Waals surface area (Å²) in [5.41, 5.74) is 3.65. The second-order valence-electron chi connectivity index (χ2n) is 4.07. The molecule has 2 aromatic carbocycles. The minimum atomic E-state index is 0.828. The molecule has 0 bridgehead atoms. The molecular weight excluding hydrogens is 210 g/mol. The van der Waals surface area contributed by atoms with Crippen LogP contribution in [0.1, 0.15) is 11.1 Å². The Kier molecular flexibility index (Phi) is 3.66. The van der Waals surface area contributed by atoms with Crippen LogP contribution in [0.5, 0.6) is 5.75 Å². The van der Waals surface area contributed by atoms with E-state index in [1.807, 2.05) is 24.3 Å². The molecule has 2 nitrogen and oxygen atoms in total. The first-order chi connectivity index (χ1) is 8.28. The van der Waals surface area contributed by atoms with Gasteiger partial charge in [-0.25, -0.2) is 0 Å². The number of methoxy groups -OCH3 is 1. The number of ether oxygens (including phenoxy) is 1. The fourth-order valence-corrected chi connectivity index (χ4v) is 1.76. The van der Waals surface area contributed by atoms with Gasteiger partial charge in [0.2, 0.25) is 0 Å². The minimum absolute atomic E-state index is 0.828. The van der Waals surface area contributed by atoms with Gasteiger partial charge >= 0.3 is 0 Å². The van der Waals surface area contributed by atoms with Crippen LogP contribution in [0.3, 0.4) is 0 Å². The first-order valence-electron chi connectivity index (χ1n) is 5.71. The van der Waals surface area contributed by atoms with Crippen LogP contribution in [-0.4, -0.2) is 7.11 Å². The van der Waals surface area contributed by atoms with Crippen LogP contribution in [0, 0.1) is 6.92 Å². The van der Waals surface area contributed by atoms with Gasteiger partial charge in [0.05, 0.1) is 7.11 Å². The highest BCUT2D eigenvalue weighted by molar-refractivity contribution is 5.48. The van der Waals surface area contributed by atoms with Crippen molar-refractivity contribution in [1.29, 1.82) is 0 Å². The summed E-state index contributed by atoms with van der Waals surface area (Å²) in [5.74, 6) is 0.874. The maximum Gasteiger partial charge on any atom is 0.120 e. The van der Waals surface area contributed by atoms with Gasteiger partial charge in [0, 0.05) is 18.3 Å². The van der Waals surface area contributed by atoms with Gasteiger partial charge in [-0.3, -0.25) is 0 Å². The van der Waals surface area contributed by atoms with Gasteiger partial charge in [-0.15, -0.1) is 0 Å². The van der Waals surface area contributed by atoms with E-state index in [0.717, 1.165) is 18.0 Å². The normalized spacial score (nSPS) is 10.0. The summed E-state index contributed by atoms with van der Waals surface area (Å²) in [4.78, 5) is 0. The lowest BCUT2D eigenvalue weighted by Crippen LogP contribution is -1.99. The zero-order chi connectivity index (χ0) is 12.1. The average molecular weight is 227 g/mol. The lowest BCUT2D eigenvalue weighted by Gasteiger charge is -2.08. The van der Waals surface area contributed by atoms with Crippen molar-refractivity contribution in [2.75, 3.05) is 12.4 Å². The van der Waals surface area contributed by atoms with E-state index in [9.17, 15) is 0 Å². The predicted octanol–water partition coefficient (Wildman–Crippen LogP) is 3.62. The third-order valence-electron chi connectivity index (χ3n) is 2.65. The molecule has 88 valence electrons. The molecule has 0 saturated carbocycles. The Morgan fingerprint density at radius 1 is 1.06 bits per heavy atom. The SMILES string of the molecule is COc1cccc(NCc2cccc(C)c2)c1. The summed E-state index contributed by atoms with van der Waals surface area (Å²) in [6, 6.07) is 16.5. The predicted molar refractivity (Wildman–Crippen MR) is 71.5 cm³/mol. The Balaban J connectivity index is 2.02. The van der Waals surface area contributed by atoms with E-state index in [1.165, 1.54) is 11.1 Å². The summed E-state index contributed by atoms with van der Waals surface area (Å²) in [5, 5.41) is 3.38. The number of anilines is 1. The largest absolute Gasteiger partial charge is 0.497 e. The second-order valence-corrected chi connectivity index (χ2v) is 4.07. The third kappa shape index (κ3) is 3.25. The second kappa shape index (κ2) is 5.39. The molecule has 2 heteroatoms. The molecule has 0 heterocycles. The van der Waals surface area contributed by atoms with Crippen molar-refractivity contribution < 1.29 is 4.74 Å². The van der Waals surface area contributed by atoms with E-state index < -0.39 is 0 Å². The number of benzene rings is 2. The van der Waals surface area contributed by atoms with Crippen LogP contribution in [0.4, 0.5) is 5.69 Å². The van der Waals surface area contributed by atoms with Crippen LogP contribution in [0.2, 0.25) is 0 Å². The van der Waals surface area contributed by atoms with Crippen molar-refractivity contribution in [3.8, 4) is 5.75 Å². The molecule has 0 aliphatic carbocycles. The van der Waals surface area contributed by atoms with E-state index in [-0.39, 0.29) is 0 Å². The molecule has 2 rings (SSSR count). The standard InChI is InChI=1S/C15H17NO/c1-12-5-3-6-13(9-12)11-16-14-7-4-8-15(10-14)17-2/h3-10,16H,11H2,1-2H3. The Morgan fingerprint density at radius 2 is 1.88 bits per heavy atom. The molecular formula is C15H17NO. The van der Waals surface area contributed by atoms with E-state index in [2.05, 4.69) is 36.5 Å². The maximum absolute atomic E-state index is 5.19. The molecule has 0 atom stereocenters. The van der Waals surface area contributed by atoms with E-state index in [0.29, 0.717) is 0 Å². The van der Waals surface area contributed by atoms with Gasteiger partial charge in [-0.2, -0.15) is 0 Å². The number of rotatable bonds is 4. The first kappa shape index (κ1) is 11.5. The fraction of sp³-hybridized carbons (Fsp3) is 0.200. The topological polar surface area (TPSA) is 21.3 Å². The summed E-state index contributed by atoms with van der Waals surface area (Å²) in [6.45, 7) is 2.93. The Labute approximate surface area is 102 Å². The zero-order valence-electron chi connectivity index (χ0n) is 10.2. The van der Waals surface area contributed by atoms with E-state index in [4.69, 9.17) is 4.74 Å². The quantitative estimate of drug-likeness (QED) is 0.861. The third-order valence-corrected chi connectivity index (χ3v) is 2.65. The minimum Gasteiger partial charge on any atom is -0.497 e. The summed E-state index contributed by atoms with van der Waals surface area (Å²) in [7, 11) is 1.68. The molecule has 0 spiro atoms. The van der Waals surface area contributed by atoms with Crippen LogP contribution in [-0.2, 0) is 6.54 Å². The molecule has 2 aromatic rings. The molecule has 0 radical (unpaired) electrons. The van der Waals surface area contributed by atoms with E-state index in [1.54, 1.807) is 7.11 Å². The summed E-state index contributed by atoms with van der Waals surface area (Å²) in [6.07, 6.45) is 0. The van der Waals surface area contributed by atoms with Crippen LogP contribution in [0.15, 0.2) is 48.5 Å². The monoisotopic (exact) mass is 227 g/mol. The number of hydrogen-bond donors (Lipinski definition) is 1. The van der Waals surface area contributed by atoms with Gasteiger partial charge in [0.15, 0.2) is 0 Å². The Bertz CT molecular complexity index is 494. The molecule has 0 aliphatic rings. The van der Waals surface area contributed by atoms with Gasteiger partial charge in [-0.1, -0.05) is 35.9 Å². The number of nitrogens with one attached hydrogen (secondary N) is 1. The molecule has 0 aliphatic heterocycles. The van der Waals surface area contributed by atoms with Crippen molar-refractivity contribution in [3.63, 3.8) is 0 Å². The average Bonchev–Trinajstić information content (AvgIpc) is 2.37. The van der Waals surface area contributed by atoms with E-state index >= 15 is 0 Å². The summed E-state index contributed by atoms with van der Waals surface area (Å²) < 4.78 is 5.19. The van der Waals surface area contributed by atoms with Crippen molar-refractivity contribution in [1.82, 2.24) is 0 Å². The van der Waals surface area contributed by atoms with Gasteiger partial charge in [-0.05, 0) is 24.6 Å². The molecule has 0 aromatic heterocycles. The zero-order valence-corrected chi connectivity index (χ0v) is 10.2. The molecule has 0 fully saturated rings. The molecule has 0 amide bonds. The van der Waals surface area contributed by atoms with Crippen molar-refractivity contribution >= 4 is 5.69 Å². The smallest absolute Gasteiger partial charge is 0.120 e. The lowest BCUT2D eigenvalue weighted by atomic mass is 10.1. The number of aryl methyl sites for hydroxylation is 1. The fourth-order valence-electron chi connectivity index (χ4n) is 1.76. The number of hydrogen-bond acceptors (Lipinski definition) is 2. The van der Waals surface area contributed by atoms with Crippen molar-refractivity contribution in [2.24, 2.45) is 0 Å². The molecule has 0 saturated heterocycles. The highest BCUT2D eigenvalue weighted by Gasteiger charge is 1.96. The van der Waals surface area contributed by atoms with Crippen molar-refractivity contribution in [3.05, 3.63) is 59.7 Å². The van der Waals surface area contributed by atoms with Gasteiger partial charge < -0.3 is 10.1 Å². The van der Waals surface area contributed by atoms with Crippen LogP contribution < -0.4 is 10.1 Å². The van der Waals surface area contributed by atoms with Gasteiger partial charge in [0.25, 0.3) is 0 Å². The molecule has 0 unspecified atom stereocenters. The van der Waals surface area contributed by atoms with Crippen molar-refractivity contribution in [2.45, 2.75) is 13.5 Å². The highest BCUT2D eigenvalue weighted by atomic mass is 16.5. The Hall–Kier alpha value is -1.96. The maximum atomic E-state index is 5.19. The van der Waals surface area contributed by atoms with Gasteiger partial charge in [0.1, 0.15) is 5.75 Å². The van der Waals surface area contributed by atoms with Crippen LogP contribution in [0.25, 0.3) is 0 Å². The summed E-state index contributed by atoms with van der Waals surface area (Å²) >= 11 is 0. The highest BCUT2D eigenvalue weighted by Crippen LogP contribution is 2.17. The Morgan fingerprint density at radius 3 is 2.65 bits per heavy atom. The first-order valence-corrected chi connectivity index (χ1v) is 5.71. The van der Waals surface area contributed by atoms with Crippen LogP contribution >= 0.6 is 0 Å².